The normalized spacial score (nSPS) is 10.6. The monoisotopic (exact) mass is 336 g/mol. The predicted octanol–water partition coefficient (Wildman–Crippen LogP) is 3.73. The van der Waals surface area contributed by atoms with E-state index in [1.807, 2.05) is 6.20 Å². The fourth-order valence-corrected chi connectivity index (χ4v) is 2.51. The molecule has 2 rings (SSSR count). The van der Waals surface area contributed by atoms with Crippen LogP contribution in [0.15, 0.2) is 34.9 Å². The maximum absolute atomic E-state index is 4.35. The second-order valence-electron chi connectivity index (χ2n) is 4.96. The van der Waals surface area contributed by atoms with Gasteiger partial charge < -0.3 is 10.2 Å². The highest BCUT2D eigenvalue weighted by Crippen LogP contribution is 2.28. The number of aromatic nitrogens is 2. The zero-order valence-electron chi connectivity index (χ0n) is 12.2. The molecule has 0 aliphatic rings. The van der Waals surface area contributed by atoms with Gasteiger partial charge in [0.25, 0.3) is 0 Å². The smallest absolute Gasteiger partial charge is 0.0597 e. The Morgan fingerprint density at radius 1 is 1.30 bits per heavy atom. The first-order valence-corrected chi connectivity index (χ1v) is 7.62. The molecule has 0 amide bonds. The molecule has 20 heavy (non-hydrogen) atoms. The fourth-order valence-electron chi connectivity index (χ4n) is 2.15. The van der Waals surface area contributed by atoms with Crippen molar-refractivity contribution in [3.05, 3.63) is 40.6 Å². The summed E-state index contributed by atoms with van der Waals surface area (Å²) in [5, 5.41) is 7.85. The molecule has 5 heteroatoms. The number of anilines is 2. The molecule has 0 unspecified atom stereocenters. The number of hydrogen-bond donors (Lipinski definition) is 1. The van der Waals surface area contributed by atoms with Crippen LogP contribution in [0.1, 0.15) is 19.0 Å². The highest BCUT2D eigenvalue weighted by Gasteiger charge is 2.07. The van der Waals surface area contributed by atoms with Gasteiger partial charge in [-0.2, -0.15) is 5.10 Å². The summed E-state index contributed by atoms with van der Waals surface area (Å²) in [6.07, 6.45) is 2.95. The first-order valence-electron chi connectivity index (χ1n) is 6.83. The number of nitrogens with zero attached hydrogens (tertiary/aromatic N) is 3. The Balaban J connectivity index is 2.14. The van der Waals surface area contributed by atoms with E-state index in [2.05, 4.69) is 81.2 Å². The average Bonchev–Trinajstić information content (AvgIpc) is 2.84. The Bertz CT molecular complexity index is 563. The summed E-state index contributed by atoms with van der Waals surface area (Å²) in [4.78, 5) is 2.11. The first kappa shape index (κ1) is 14.9. The highest BCUT2D eigenvalue weighted by molar-refractivity contribution is 9.10. The standard InChI is InChI=1S/C15H21BrN4/c1-4-9-20-13(7-8-18-20)11-17-14-10-12(16)5-6-15(14)19(2)3/h5-8,10,17H,4,9,11H2,1-3H3. The minimum absolute atomic E-state index is 0.775. The van der Waals surface area contributed by atoms with Crippen LogP contribution in [0.25, 0.3) is 0 Å². The maximum atomic E-state index is 4.35. The van der Waals surface area contributed by atoms with Gasteiger partial charge in [-0.3, -0.25) is 4.68 Å². The summed E-state index contributed by atoms with van der Waals surface area (Å²) in [7, 11) is 4.10. The van der Waals surface area contributed by atoms with Gasteiger partial charge >= 0.3 is 0 Å². The lowest BCUT2D eigenvalue weighted by Gasteiger charge is -2.19. The average molecular weight is 337 g/mol. The van der Waals surface area contributed by atoms with Gasteiger partial charge in [0, 0.05) is 31.3 Å². The van der Waals surface area contributed by atoms with Crippen LogP contribution in [-0.2, 0) is 13.1 Å². The maximum Gasteiger partial charge on any atom is 0.0597 e. The molecule has 1 heterocycles. The Labute approximate surface area is 128 Å². The van der Waals surface area contributed by atoms with Crippen LogP contribution < -0.4 is 10.2 Å². The van der Waals surface area contributed by atoms with E-state index in [4.69, 9.17) is 0 Å². The van der Waals surface area contributed by atoms with Crippen molar-refractivity contribution in [1.29, 1.82) is 0 Å². The Hall–Kier alpha value is -1.49. The van der Waals surface area contributed by atoms with E-state index in [0.29, 0.717) is 0 Å². The number of benzene rings is 1. The number of halogens is 1. The molecular formula is C15H21BrN4. The summed E-state index contributed by atoms with van der Waals surface area (Å²) in [5.74, 6) is 0. The van der Waals surface area contributed by atoms with E-state index in [-0.39, 0.29) is 0 Å². The molecule has 0 saturated heterocycles. The molecule has 4 nitrogen and oxygen atoms in total. The van der Waals surface area contributed by atoms with Crippen LogP contribution in [0.4, 0.5) is 11.4 Å². The highest BCUT2D eigenvalue weighted by atomic mass is 79.9. The molecule has 0 aliphatic carbocycles. The van der Waals surface area contributed by atoms with Gasteiger partial charge in [0.15, 0.2) is 0 Å². The summed E-state index contributed by atoms with van der Waals surface area (Å²) >= 11 is 3.53. The zero-order chi connectivity index (χ0) is 14.5. The largest absolute Gasteiger partial charge is 0.378 e. The van der Waals surface area contributed by atoms with Gasteiger partial charge in [-0.05, 0) is 30.7 Å². The Morgan fingerprint density at radius 2 is 2.10 bits per heavy atom. The molecule has 0 radical (unpaired) electrons. The van der Waals surface area contributed by atoms with Gasteiger partial charge in [0.2, 0.25) is 0 Å². The van der Waals surface area contributed by atoms with Crippen LogP contribution in [0.2, 0.25) is 0 Å². The topological polar surface area (TPSA) is 33.1 Å². The minimum Gasteiger partial charge on any atom is -0.378 e. The fraction of sp³-hybridized carbons (Fsp3) is 0.400. The van der Waals surface area contributed by atoms with Crippen molar-refractivity contribution in [2.24, 2.45) is 0 Å². The summed E-state index contributed by atoms with van der Waals surface area (Å²) in [6, 6.07) is 8.34. The van der Waals surface area contributed by atoms with Crippen molar-refractivity contribution in [1.82, 2.24) is 9.78 Å². The van der Waals surface area contributed by atoms with Crippen molar-refractivity contribution >= 4 is 27.3 Å². The molecule has 2 aromatic rings. The van der Waals surface area contributed by atoms with Crippen LogP contribution in [0.5, 0.6) is 0 Å². The molecule has 0 fully saturated rings. The van der Waals surface area contributed by atoms with Crippen molar-refractivity contribution in [3.8, 4) is 0 Å². The van der Waals surface area contributed by atoms with Crippen molar-refractivity contribution in [3.63, 3.8) is 0 Å². The van der Waals surface area contributed by atoms with E-state index in [9.17, 15) is 0 Å². The van der Waals surface area contributed by atoms with Crippen LogP contribution in [-0.4, -0.2) is 23.9 Å². The lowest BCUT2D eigenvalue weighted by molar-refractivity contribution is 0.578. The van der Waals surface area contributed by atoms with Crippen LogP contribution in [0.3, 0.4) is 0 Å². The molecule has 0 aliphatic heterocycles. The number of rotatable bonds is 6. The second kappa shape index (κ2) is 6.79. The van der Waals surface area contributed by atoms with Crippen LogP contribution >= 0.6 is 15.9 Å². The van der Waals surface area contributed by atoms with Crippen molar-refractivity contribution in [2.75, 3.05) is 24.3 Å². The number of aryl methyl sites for hydroxylation is 1. The summed E-state index contributed by atoms with van der Waals surface area (Å²) in [6.45, 7) is 3.90. The number of nitrogens with one attached hydrogen (secondary N) is 1. The number of hydrogen-bond acceptors (Lipinski definition) is 3. The van der Waals surface area contributed by atoms with E-state index in [1.165, 1.54) is 11.4 Å². The van der Waals surface area contributed by atoms with E-state index in [0.717, 1.165) is 29.7 Å². The van der Waals surface area contributed by atoms with Gasteiger partial charge in [0.1, 0.15) is 0 Å². The molecule has 1 N–H and O–H groups in total. The lowest BCUT2D eigenvalue weighted by Crippen LogP contribution is -2.13. The first-order chi connectivity index (χ1) is 9.61. The third-order valence-corrected chi connectivity index (χ3v) is 3.63. The molecule has 1 aromatic carbocycles. The van der Waals surface area contributed by atoms with Crippen LogP contribution in [0, 0.1) is 0 Å². The molecule has 0 saturated carbocycles. The van der Waals surface area contributed by atoms with E-state index in [1.54, 1.807) is 0 Å². The molecule has 108 valence electrons. The molecule has 0 bridgehead atoms. The lowest BCUT2D eigenvalue weighted by atomic mass is 10.2. The minimum atomic E-state index is 0.775. The molecule has 1 aromatic heterocycles. The summed E-state index contributed by atoms with van der Waals surface area (Å²) < 4.78 is 3.13. The zero-order valence-corrected chi connectivity index (χ0v) is 13.8. The SMILES string of the molecule is CCCn1nccc1CNc1cc(Br)ccc1N(C)C. The molecular weight excluding hydrogens is 316 g/mol. The predicted molar refractivity (Wildman–Crippen MR) is 88.3 cm³/mol. The molecule has 0 atom stereocenters. The third kappa shape index (κ3) is 3.54. The van der Waals surface area contributed by atoms with E-state index < -0.39 is 0 Å². The van der Waals surface area contributed by atoms with Gasteiger partial charge in [-0.15, -0.1) is 0 Å². The van der Waals surface area contributed by atoms with Gasteiger partial charge in [-0.1, -0.05) is 22.9 Å². The summed E-state index contributed by atoms with van der Waals surface area (Å²) in [5.41, 5.74) is 3.50. The quantitative estimate of drug-likeness (QED) is 0.872. The third-order valence-electron chi connectivity index (χ3n) is 3.14. The van der Waals surface area contributed by atoms with Gasteiger partial charge in [0.05, 0.1) is 23.6 Å². The van der Waals surface area contributed by atoms with Gasteiger partial charge in [-0.25, -0.2) is 0 Å². The molecule has 0 spiro atoms. The van der Waals surface area contributed by atoms with E-state index >= 15 is 0 Å². The van der Waals surface area contributed by atoms with Crippen molar-refractivity contribution < 1.29 is 0 Å². The second-order valence-corrected chi connectivity index (χ2v) is 5.87. The Kier molecular flexibility index (Phi) is 5.06. The Morgan fingerprint density at radius 3 is 2.80 bits per heavy atom. The van der Waals surface area contributed by atoms with Crippen molar-refractivity contribution in [2.45, 2.75) is 26.4 Å².